The van der Waals surface area contributed by atoms with Crippen LogP contribution in [-0.4, -0.2) is 32.4 Å². The maximum atomic E-state index is 12.1. The van der Waals surface area contributed by atoms with E-state index in [0.29, 0.717) is 18.1 Å². The molecule has 0 bridgehead atoms. The van der Waals surface area contributed by atoms with Crippen LogP contribution in [0.3, 0.4) is 0 Å². The zero-order valence-corrected chi connectivity index (χ0v) is 13.5. The number of H-pyrrole nitrogens is 1. The Morgan fingerprint density at radius 2 is 2.18 bits per heavy atom. The van der Waals surface area contributed by atoms with E-state index in [1.807, 2.05) is 33.8 Å². The number of carbonyl (C=O) groups excluding carboxylic acids is 1. The smallest absolute Gasteiger partial charge is 0.315 e. The minimum absolute atomic E-state index is 0.0505. The molecule has 22 heavy (non-hydrogen) atoms. The number of aromatic amines is 1. The van der Waals surface area contributed by atoms with Crippen molar-refractivity contribution in [1.82, 2.24) is 31.0 Å². The van der Waals surface area contributed by atoms with Gasteiger partial charge in [0.1, 0.15) is 0 Å². The molecule has 0 aliphatic rings. The monoisotopic (exact) mass is 306 g/mol. The number of rotatable bonds is 5. The van der Waals surface area contributed by atoms with Gasteiger partial charge in [0.25, 0.3) is 0 Å². The van der Waals surface area contributed by atoms with Crippen LogP contribution in [0.15, 0.2) is 10.6 Å². The molecule has 0 radical (unpaired) electrons. The molecule has 0 aliphatic heterocycles. The highest BCUT2D eigenvalue weighted by Crippen LogP contribution is 2.16. The lowest BCUT2D eigenvalue weighted by atomic mass is 10.1. The quantitative estimate of drug-likeness (QED) is 0.777. The van der Waals surface area contributed by atoms with Crippen LogP contribution in [0.25, 0.3) is 0 Å². The van der Waals surface area contributed by atoms with Gasteiger partial charge in [-0.1, -0.05) is 5.16 Å². The van der Waals surface area contributed by atoms with Crippen molar-refractivity contribution in [2.75, 3.05) is 0 Å². The fraction of sp³-hybridized carbons (Fsp3) is 0.571. The first-order chi connectivity index (χ1) is 10.3. The highest BCUT2D eigenvalue weighted by molar-refractivity contribution is 5.75. The molecular formula is C14H22N6O2. The van der Waals surface area contributed by atoms with E-state index >= 15 is 0 Å². The van der Waals surface area contributed by atoms with Crippen LogP contribution in [0.4, 0.5) is 4.79 Å². The zero-order chi connectivity index (χ0) is 16.3. The van der Waals surface area contributed by atoms with Crippen LogP contribution in [0.1, 0.15) is 43.9 Å². The second-order valence-electron chi connectivity index (χ2n) is 6.01. The minimum atomic E-state index is -0.718. The van der Waals surface area contributed by atoms with Crippen molar-refractivity contribution in [2.24, 2.45) is 0 Å². The van der Waals surface area contributed by atoms with Gasteiger partial charge in [0, 0.05) is 25.1 Å². The molecule has 120 valence electrons. The summed E-state index contributed by atoms with van der Waals surface area (Å²) in [6, 6.07) is 1.62. The summed E-state index contributed by atoms with van der Waals surface area (Å²) in [6.45, 7) is 9.21. The first-order valence-electron chi connectivity index (χ1n) is 7.16. The van der Waals surface area contributed by atoms with E-state index in [0.717, 1.165) is 11.4 Å². The topological polar surface area (TPSA) is 109 Å². The Bertz CT molecular complexity index is 645. The van der Waals surface area contributed by atoms with E-state index in [4.69, 9.17) is 4.52 Å². The number of amides is 2. The van der Waals surface area contributed by atoms with Crippen molar-refractivity contribution < 1.29 is 9.32 Å². The van der Waals surface area contributed by atoms with Gasteiger partial charge in [-0.05, 0) is 33.8 Å². The van der Waals surface area contributed by atoms with Crippen molar-refractivity contribution in [3.63, 3.8) is 0 Å². The van der Waals surface area contributed by atoms with Crippen LogP contribution in [0.2, 0.25) is 0 Å². The molecule has 8 nitrogen and oxygen atoms in total. The molecule has 0 aromatic carbocycles. The van der Waals surface area contributed by atoms with Gasteiger partial charge in [-0.25, -0.2) is 4.79 Å². The number of urea groups is 1. The summed E-state index contributed by atoms with van der Waals surface area (Å²) in [5.74, 6) is 0.906. The molecule has 2 heterocycles. The Morgan fingerprint density at radius 3 is 2.73 bits per heavy atom. The minimum Gasteiger partial charge on any atom is -0.340 e. The number of nitrogens with zero attached hydrogens (tertiary/aromatic N) is 3. The molecular weight excluding hydrogens is 284 g/mol. The van der Waals surface area contributed by atoms with Crippen molar-refractivity contribution in [3.05, 3.63) is 29.2 Å². The summed E-state index contributed by atoms with van der Waals surface area (Å²) in [5, 5.41) is 16.6. The predicted octanol–water partition coefficient (Wildman–Crippen LogP) is 1.58. The second kappa shape index (κ2) is 6.17. The molecule has 8 heteroatoms. The Labute approximate surface area is 129 Å². The molecule has 2 aromatic rings. The Morgan fingerprint density at radius 1 is 1.45 bits per heavy atom. The van der Waals surface area contributed by atoms with E-state index in [2.05, 4.69) is 31.0 Å². The third kappa shape index (κ3) is 4.06. The summed E-state index contributed by atoms with van der Waals surface area (Å²) in [5.41, 5.74) is 1.20. The molecule has 1 atom stereocenters. The number of aryl methyl sites for hydroxylation is 2. The van der Waals surface area contributed by atoms with Crippen molar-refractivity contribution in [1.29, 1.82) is 0 Å². The van der Waals surface area contributed by atoms with Gasteiger partial charge in [-0.3, -0.25) is 5.10 Å². The van der Waals surface area contributed by atoms with Gasteiger partial charge in [0.15, 0.2) is 5.82 Å². The van der Waals surface area contributed by atoms with Crippen molar-refractivity contribution in [3.8, 4) is 0 Å². The van der Waals surface area contributed by atoms with Gasteiger partial charge in [-0.2, -0.15) is 10.1 Å². The molecule has 3 N–H and O–H groups in total. The van der Waals surface area contributed by atoms with E-state index in [1.54, 1.807) is 6.92 Å². The van der Waals surface area contributed by atoms with Crippen LogP contribution < -0.4 is 10.6 Å². The number of aromatic nitrogens is 4. The van der Waals surface area contributed by atoms with Crippen molar-refractivity contribution in [2.45, 2.75) is 52.6 Å². The predicted molar refractivity (Wildman–Crippen MR) is 80.2 cm³/mol. The fourth-order valence-corrected chi connectivity index (χ4v) is 2.10. The number of nitrogens with one attached hydrogen (secondary N) is 3. The number of carbonyl (C=O) groups is 1. The number of hydrogen-bond acceptors (Lipinski definition) is 5. The van der Waals surface area contributed by atoms with Crippen LogP contribution in [0, 0.1) is 13.8 Å². The molecule has 2 rings (SSSR count). The molecule has 0 saturated heterocycles. The molecule has 0 fully saturated rings. The normalized spacial score (nSPS) is 13.0. The lowest BCUT2D eigenvalue weighted by molar-refractivity contribution is 0.224. The average Bonchev–Trinajstić information content (AvgIpc) is 2.97. The third-order valence-electron chi connectivity index (χ3n) is 3.16. The summed E-state index contributed by atoms with van der Waals surface area (Å²) in [6.07, 6.45) is 0.652. The van der Waals surface area contributed by atoms with E-state index in [1.165, 1.54) is 0 Å². The van der Waals surface area contributed by atoms with Gasteiger partial charge in [-0.15, -0.1) is 0 Å². The van der Waals surface area contributed by atoms with Gasteiger partial charge >= 0.3 is 6.03 Å². The van der Waals surface area contributed by atoms with E-state index in [9.17, 15) is 4.79 Å². The summed E-state index contributed by atoms with van der Waals surface area (Å²) in [4.78, 5) is 16.3. The van der Waals surface area contributed by atoms with Crippen LogP contribution >= 0.6 is 0 Å². The lowest BCUT2D eigenvalue weighted by Crippen LogP contribution is -2.49. The molecule has 1 unspecified atom stereocenters. The van der Waals surface area contributed by atoms with Gasteiger partial charge < -0.3 is 15.2 Å². The van der Waals surface area contributed by atoms with Gasteiger partial charge in [0.05, 0.1) is 11.2 Å². The Kier molecular flexibility index (Phi) is 4.48. The van der Waals surface area contributed by atoms with E-state index in [-0.39, 0.29) is 12.1 Å². The average molecular weight is 306 g/mol. The second-order valence-corrected chi connectivity index (χ2v) is 6.01. The molecule has 0 saturated carbocycles. The Hall–Kier alpha value is -2.38. The van der Waals surface area contributed by atoms with Crippen molar-refractivity contribution >= 4 is 6.03 Å². The molecule has 0 aliphatic carbocycles. The van der Waals surface area contributed by atoms with Gasteiger partial charge in [0.2, 0.25) is 5.89 Å². The standard InChI is InChI=1S/C14H22N6O2/c1-8(6-11-7-9(2)18-19-11)15-13(21)17-14(4,5)12-16-10(3)22-20-12/h7-8H,6H2,1-5H3,(H,18,19)(H2,15,17,21). The number of hydrogen-bond donors (Lipinski definition) is 3. The molecule has 2 aromatic heterocycles. The lowest BCUT2D eigenvalue weighted by Gasteiger charge is -2.24. The third-order valence-corrected chi connectivity index (χ3v) is 3.16. The summed E-state index contributed by atoms with van der Waals surface area (Å²) in [7, 11) is 0. The first kappa shape index (κ1) is 16.0. The first-order valence-corrected chi connectivity index (χ1v) is 7.16. The molecule has 2 amide bonds. The summed E-state index contributed by atoms with van der Waals surface area (Å²) >= 11 is 0. The highest BCUT2D eigenvalue weighted by Gasteiger charge is 2.28. The zero-order valence-electron chi connectivity index (χ0n) is 13.5. The molecule has 0 spiro atoms. The maximum absolute atomic E-state index is 12.1. The maximum Gasteiger partial charge on any atom is 0.315 e. The largest absolute Gasteiger partial charge is 0.340 e. The Balaban J connectivity index is 1.89. The van der Waals surface area contributed by atoms with Crippen LogP contribution in [-0.2, 0) is 12.0 Å². The SMILES string of the molecule is Cc1cc(CC(C)NC(=O)NC(C)(C)c2noc(C)n2)n[nH]1. The summed E-state index contributed by atoms with van der Waals surface area (Å²) < 4.78 is 4.95. The van der Waals surface area contributed by atoms with E-state index < -0.39 is 5.54 Å². The van der Waals surface area contributed by atoms with Crippen LogP contribution in [0.5, 0.6) is 0 Å². The fourth-order valence-electron chi connectivity index (χ4n) is 2.10. The highest BCUT2D eigenvalue weighted by atomic mass is 16.5.